The lowest BCUT2D eigenvalue weighted by Gasteiger charge is -2.31. The van der Waals surface area contributed by atoms with Crippen molar-refractivity contribution in [2.75, 3.05) is 6.54 Å². The van der Waals surface area contributed by atoms with Crippen LogP contribution in [0.4, 0.5) is 0 Å². The summed E-state index contributed by atoms with van der Waals surface area (Å²) in [5.74, 6) is -0.106. The predicted molar refractivity (Wildman–Crippen MR) is 56.1 cm³/mol. The third-order valence-electron chi connectivity index (χ3n) is 3.09. The van der Waals surface area contributed by atoms with Crippen LogP contribution in [0.3, 0.4) is 0 Å². The van der Waals surface area contributed by atoms with Gasteiger partial charge in [0.2, 0.25) is 11.8 Å². The van der Waals surface area contributed by atoms with E-state index >= 15 is 0 Å². The summed E-state index contributed by atoms with van der Waals surface area (Å²) < 4.78 is 0. The van der Waals surface area contributed by atoms with Crippen LogP contribution in [0.2, 0.25) is 0 Å². The topological polar surface area (TPSA) is 49.4 Å². The zero-order chi connectivity index (χ0) is 10.8. The van der Waals surface area contributed by atoms with Gasteiger partial charge in [0, 0.05) is 13.0 Å². The molecular formula is C11H16N2O2. The SMILES string of the molecule is CC(=O)NCC(=O)N1C2C=CCC1CC2. The lowest BCUT2D eigenvalue weighted by atomic mass is 10.1. The highest BCUT2D eigenvalue weighted by Crippen LogP contribution is 2.31. The van der Waals surface area contributed by atoms with Crippen LogP contribution in [0.5, 0.6) is 0 Å². The monoisotopic (exact) mass is 208 g/mol. The van der Waals surface area contributed by atoms with Crippen molar-refractivity contribution in [2.45, 2.75) is 38.3 Å². The molecule has 4 nitrogen and oxygen atoms in total. The van der Waals surface area contributed by atoms with Gasteiger partial charge in [-0.3, -0.25) is 9.59 Å². The normalized spacial score (nSPS) is 27.9. The molecule has 2 atom stereocenters. The molecule has 0 aliphatic carbocycles. The molecule has 2 aliphatic rings. The minimum absolute atomic E-state index is 0.0436. The molecule has 0 spiro atoms. The third-order valence-corrected chi connectivity index (χ3v) is 3.09. The lowest BCUT2D eigenvalue weighted by molar-refractivity contribution is -0.134. The van der Waals surface area contributed by atoms with E-state index in [0.29, 0.717) is 6.04 Å². The highest BCUT2D eigenvalue weighted by atomic mass is 16.2. The van der Waals surface area contributed by atoms with Gasteiger partial charge in [0.1, 0.15) is 0 Å². The van der Waals surface area contributed by atoms with Crippen molar-refractivity contribution in [1.82, 2.24) is 10.2 Å². The second kappa shape index (κ2) is 4.04. The zero-order valence-electron chi connectivity index (χ0n) is 8.90. The number of hydrogen-bond acceptors (Lipinski definition) is 2. The van der Waals surface area contributed by atoms with E-state index in [4.69, 9.17) is 0 Å². The Bertz CT molecular complexity index is 312. The van der Waals surface area contributed by atoms with Crippen molar-refractivity contribution in [3.8, 4) is 0 Å². The maximum absolute atomic E-state index is 11.8. The third kappa shape index (κ3) is 2.03. The van der Waals surface area contributed by atoms with Crippen LogP contribution in [0, 0.1) is 0 Å². The lowest BCUT2D eigenvalue weighted by Crippen LogP contribution is -2.46. The van der Waals surface area contributed by atoms with Crippen molar-refractivity contribution in [1.29, 1.82) is 0 Å². The highest BCUT2D eigenvalue weighted by molar-refractivity contribution is 5.84. The second-order valence-electron chi connectivity index (χ2n) is 4.17. The van der Waals surface area contributed by atoms with Gasteiger partial charge in [0.15, 0.2) is 0 Å². The van der Waals surface area contributed by atoms with Gasteiger partial charge in [-0.2, -0.15) is 0 Å². The Hall–Kier alpha value is -1.32. The van der Waals surface area contributed by atoms with Gasteiger partial charge < -0.3 is 10.2 Å². The first-order valence-corrected chi connectivity index (χ1v) is 5.41. The van der Waals surface area contributed by atoms with Crippen LogP contribution in [0.25, 0.3) is 0 Å². The van der Waals surface area contributed by atoms with Crippen LogP contribution >= 0.6 is 0 Å². The van der Waals surface area contributed by atoms with E-state index in [2.05, 4.69) is 17.5 Å². The number of nitrogens with zero attached hydrogens (tertiary/aromatic N) is 1. The molecule has 15 heavy (non-hydrogen) atoms. The van der Waals surface area contributed by atoms with Crippen molar-refractivity contribution in [3.05, 3.63) is 12.2 Å². The average molecular weight is 208 g/mol. The predicted octanol–water partition coefficient (Wildman–Crippen LogP) is 0.442. The van der Waals surface area contributed by atoms with Crippen molar-refractivity contribution in [3.63, 3.8) is 0 Å². The first-order chi connectivity index (χ1) is 7.18. The Balaban J connectivity index is 1.96. The Labute approximate surface area is 89.3 Å². The van der Waals surface area contributed by atoms with E-state index < -0.39 is 0 Å². The first kappa shape index (κ1) is 10.2. The van der Waals surface area contributed by atoms with E-state index in [1.807, 2.05) is 4.90 Å². The Kier molecular flexibility index (Phi) is 2.75. The first-order valence-electron chi connectivity index (χ1n) is 5.41. The number of carbonyl (C=O) groups is 2. The van der Waals surface area contributed by atoms with Crippen LogP contribution < -0.4 is 5.32 Å². The number of carbonyl (C=O) groups excluding carboxylic acids is 2. The standard InChI is InChI=1S/C11H16N2O2/c1-8(14)12-7-11(15)13-9-3-2-4-10(13)6-5-9/h2-3,9-10H,4-7H2,1H3,(H,12,14). The Morgan fingerprint density at radius 2 is 2.27 bits per heavy atom. The summed E-state index contributed by atoms with van der Waals surface area (Å²) in [4.78, 5) is 24.5. The molecule has 0 saturated carbocycles. The smallest absolute Gasteiger partial charge is 0.242 e. The van der Waals surface area contributed by atoms with Crippen molar-refractivity contribution < 1.29 is 9.59 Å². The quantitative estimate of drug-likeness (QED) is 0.669. The molecule has 2 amide bonds. The van der Waals surface area contributed by atoms with Crippen LogP contribution in [-0.4, -0.2) is 35.3 Å². The second-order valence-corrected chi connectivity index (χ2v) is 4.17. The molecule has 0 aromatic heterocycles. The van der Waals surface area contributed by atoms with Gasteiger partial charge in [-0.25, -0.2) is 0 Å². The molecule has 2 rings (SSSR count). The summed E-state index contributed by atoms with van der Waals surface area (Å²) in [6, 6.07) is 0.631. The maximum Gasteiger partial charge on any atom is 0.242 e. The molecule has 1 N–H and O–H groups in total. The highest BCUT2D eigenvalue weighted by Gasteiger charge is 2.36. The number of fused-ring (bicyclic) bond motifs is 2. The van der Waals surface area contributed by atoms with Gasteiger partial charge >= 0.3 is 0 Å². The maximum atomic E-state index is 11.8. The average Bonchev–Trinajstić information content (AvgIpc) is 2.45. The molecule has 0 aromatic carbocycles. The molecule has 0 aromatic rings. The number of rotatable bonds is 2. The van der Waals surface area contributed by atoms with Gasteiger partial charge in [-0.05, 0) is 19.3 Å². The summed E-state index contributed by atoms with van der Waals surface area (Å²) in [7, 11) is 0. The number of hydrogen-bond donors (Lipinski definition) is 1. The fraction of sp³-hybridized carbons (Fsp3) is 0.636. The summed E-state index contributed by atoms with van der Waals surface area (Å²) >= 11 is 0. The number of nitrogens with one attached hydrogen (secondary N) is 1. The molecule has 1 saturated heterocycles. The molecule has 1 fully saturated rings. The Morgan fingerprint density at radius 1 is 1.47 bits per heavy atom. The molecule has 4 heteroatoms. The van der Waals surface area contributed by atoms with E-state index in [-0.39, 0.29) is 24.4 Å². The van der Waals surface area contributed by atoms with E-state index in [1.165, 1.54) is 6.92 Å². The van der Waals surface area contributed by atoms with Crippen molar-refractivity contribution in [2.24, 2.45) is 0 Å². The fourth-order valence-electron chi connectivity index (χ4n) is 2.41. The van der Waals surface area contributed by atoms with E-state index in [9.17, 15) is 9.59 Å². The van der Waals surface area contributed by atoms with Gasteiger partial charge in [0.05, 0.1) is 12.6 Å². The minimum atomic E-state index is -0.150. The molecule has 82 valence electrons. The fourth-order valence-corrected chi connectivity index (χ4v) is 2.41. The summed E-state index contributed by atoms with van der Waals surface area (Å²) in [5, 5.41) is 2.56. The summed E-state index contributed by atoms with van der Waals surface area (Å²) in [5.41, 5.74) is 0. The summed E-state index contributed by atoms with van der Waals surface area (Å²) in [6.07, 6.45) is 7.37. The molecule has 2 aliphatic heterocycles. The molecule has 2 heterocycles. The van der Waals surface area contributed by atoms with Crippen LogP contribution in [0.1, 0.15) is 26.2 Å². The number of amides is 2. The Morgan fingerprint density at radius 3 is 2.93 bits per heavy atom. The van der Waals surface area contributed by atoms with Crippen LogP contribution in [0.15, 0.2) is 12.2 Å². The summed E-state index contributed by atoms with van der Waals surface area (Å²) in [6.45, 7) is 1.56. The van der Waals surface area contributed by atoms with Gasteiger partial charge in [-0.1, -0.05) is 12.2 Å². The van der Waals surface area contributed by atoms with E-state index in [0.717, 1.165) is 19.3 Å². The largest absolute Gasteiger partial charge is 0.347 e. The minimum Gasteiger partial charge on any atom is -0.347 e. The molecule has 0 radical (unpaired) electrons. The molecular weight excluding hydrogens is 192 g/mol. The van der Waals surface area contributed by atoms with Gasteiger partial charge in [0.25, 0.3) is 0 Å². The van der Waals surface area contributed by atoms with Crippen molar-refractivity contribution >= 4 is 11.8 Å². The molecule has 2 unspecified atom stereocenters. The van der Waals surface area contributed by atoms with Crippen LogP contribution in [-0.2, 0) is 9.59 Å². The molecule has 2 bridgehead atoms. The zero-order valence-corrected chi connectivity index (χ0v) is 8.90. The van der Waals surface area contributed by atoms with Gasteiger partial charge in [-0.15, -0.1) is 0 Å². The van der Waals surface area contributed by atoms with E-state index in [1.54, 1.807) is 0 Å².